The summed E-state index contributed by atoms with van der Waals surface area (Å²) in [6.45, 7) is 3.88. The number of esters is 1. The normalized spacial score (nSPS) is 10.5. The number of rotatable bonds is 4. The number of fused-ring (bicyclic) bond motifs is 1. The van der Waals surface area contributed by atoms with E-state index >= 15 is 0 Å². The van der Waals surface area contributed by atoms with E-state index < -0.39 is 5.97 Å². The van der Waals surface area contributed by atoms with Gasteiger partial charge in [0.1, 0.15) is 5.75 Å². The van der Waals surface area contributed by atoms with Crippen LogP contribution in [0.4, 0.5) is 0 Å². The number of hydrogen-bond acceptors (Lipinski definition) is 4. The van der Waals surface area contributed by atoms with Crippen molar-refractivity contribution >= 4 is 28.5 Å². The molecule has 0 atom stereocenters. The molecule has 4 nitrogen and oxygen atoms in total. The first-order valence-corrected chi connectivity index (χ1v) is 6.33. The van der Waals surface area contributed by atoms with Gasteiger partial charge in [-0.3, -0.25) is 4.98 Å². The van der Waals surface area contributed by atoms with E-state index in [1.807, 2.05) is 13.0 Å². The van der Waals surface area contributed by atoms with Crippen LogP contribution in [0.5, 0.6) is 5.75 Å². The molecule has 0 aliphatic carbocycles. The lowest BCUT2D eigenvalue weighted by Gasteiger charge is -2.10. The van der Waals surface area contributed by atoms with Gasteiger partial charge in [-0.25, -0.2) is 4.79 Å². The van der Waals surface area contributed by atoms with Crippen LogP contribution in [0.25, 0.3) is 10.9 Å². The minimum absolute atomic E-state index is 0.116. The molecule has 0 amide bonds. The molecule has 0 aliphatic rings. The highest BCUT2D eigenvalue weighted by molar-refractivity contribution is 6.32. The number of ether oxygens (including phenoxy) is 2. The second kappa shape index (κ2) is 5.89. The number of carbonyl (C=O) groups excluding carboxylic acids is 1. The van der Waals surface area contributed by atoms with Gasteiger partial charge in [0.25, 0.3) is 0 Å². The maximum Gasteiger partial charge on any atom is 0.344 e. The van der Waals surface area contributed by atoms with Crippen molar-refractivity contribution in [2.24, 2.45) is 0 Å². The van der Waals surface area contributed by atoms with Crippen molar-refractivity contribution in [2.75, 3.05) is 13.2 Å². The van der Waals surface area contributed by atoms with Gasteiger partial charge < -0.3 is 9.47 Å². The summed E-state index contributed by atoms with van der Waals surface area (Å²) in [5, 5.41) is 1.48. The van der Waals surface area contributed by atoms with Crippen molar-refractivity contribution in [3.63, 3.8) is 0 Å². The van der Waals surface area contributed by atoms with E-state index in [9.17, 15) is 4.79 Å². The van der Waals surface area contributed by atoms with E-state index in [-0.39, 0.29) is 6.61 Å². The van der Waals surface area contributed by atoms with Gasteiger partial charge in [0.15, 0.2) is 6.61 Å². The zero-order chi connectivity index (χ0) is 13.8. The number of nitrogens with zero attached hydrogens (tertiary/aromatic N) is 1. The number of aryl methyl sites for hydroxylation is 1. The van der Waals surface area contributed by atoms with Crippen LogP contribution in [0.2, 0.25) is 5.02 Å². The minimum Gasteiger partial charge on any atom is -0.481 e. The van der Waals surface area contributed by atoms with Gasteiger partial charge in [-0.2, -0.15) is 0 Å². The van der Waals surface area contributed by atoms with Gasteiger partial charge in [-0.05, 0) is 37.6 Å². The highest BCUT2D eigenvalue weighted by Gasteiger charge is 2.09. The van der Waals surface area contributed by atoms with E-state index in [0.717, 1.165) is 16.5 Å². The Morgan fingerprint density at radius 3 is 2.89 bits per heavy atom. The predicted molar refractivity (Wildman–Crippen MR) is 73.6 cm³/mol. The summed E-state index contributed by atoms with van der Waals surface area (Å²) in [5.74, 6) is 0.205. The Kier molecular flexibility index (Phi) is 4.22. The third-order valence-corrected chi connectivity index (χ3v) is 3.12. The minimum atomic E-state index is -0.391. The molecule has 0 spiro atoms. The fourth-order valence-corrected chi connectivity index (χ4v) is 1.93. The van der Waals surface area contributed by atoms with Crippen LogP contribution in [-0.2, 0) is 9.53 Å². The molecule has 2 aromatic rings. The summed E-state index contributed by atoms with van der Waals surface area (Å²) in [7, 11) is 0. The molecule has 0 saturated carbocycles. The Bertz CT molecular complexity index is 613. The molecule has 0 aliphatic heterocycles. The van der Waals surface area contributed by atoms with Crippen LogP contribution in [0.15, 0.2) is 24.4 Å². The van der Waals surface area contributed by atoms with Crippen LogP contribution >= 0.6 is 11.6 Å². The summed E-state index contributed by atoms with van der Waals surface area (Å²) in [6, 6.07) is 5.34. The molecule has 100 valence electrons. The lowest BCUT2D eigenvalue weighted by Crippen LogP contribution is -2.14. The number of pyridine rings is 1. The van der Waals surface area contributed by atoms with Crippen molar-refractivity contribution in [3.05, 3.63) is 35.0 Å². The summed E-state index contributed by atoms with van der Waals surface area (Å²) >= 11 is 6.05. The lowest BCUT2D eigenvalue weighted by atomic mass is 10.1. The smallest absolute Gasteiger partial charge is 0.344 e. The van der Waals surface area contributed by atoms with Crippen molar-refractivity contribution in [3.8, 4) is 5.75 Å². The number of hydrogen-bond donors (Lipinski definition) is 0. The molecular formula is C14H14ClNO3. The maximum absolute atomic E-state index is 11.3. The van der Waals surface area contributed by atoms with Crippen LogP contribution < -0.4 is 4.74 Å². The quantitative estimate of drug-likeness (QED) is 0.807. The first kappa shape index (κ1) is 13.6. The first-order valence-electron chi connectivity index (χ1n) is 5.95. The fourth-order valence-electron chi connectivity index (χ4n) is 1.78. The van der Waals surface area contributed by atoms with Gasteiger partial charge in [-0.15, -0.1) is 0 Å². The summed E-state index contributed by atoms with van der Waals surface area (Å²) in [6.07, 6.45) is 1.63. The molecule has 0 radical (unpaired) electrons. The Hall–Kier alpha value is -1.81. The number of carbonyl (C=O) groups is 1. The molecular weight excluding hydrogens is 266 g/mol. The van der Waals surface area contributed by atoms with Gasteiger partial charge >= 0.3 is 5.97 Å². The third kappa shape index (κ3) is 2.96. The van der Waals surface area contributed by atoms with Crippen molar-refractivity contribution < 1.29 is 14.3 Å². The molecule has 0 unspecified atom stereocenters. The van der Waals surface area contributed by atoms with E-state index in [1.165, 1.54) is 0 Å². The number of aromatic nitrogens is 1. The SMILES string of the molecule is CCOC(=O)COc1ccnc2c(C)c(Cl)ccc12. The van der Waals surface area contributed by atoms with Gasteiger partial charge in [0, 0.05) is 16.6 Å². The Morgan fingerprint density at radius 2 is 2.16 bits per heavy atom. The van der Waals surface area contributed by atoms with Crippen molar-refractivity contribution in [1.29, 1.82) is 0 Å². The van der Waals surface area contributed by atoms with Gasteiger partial charge in [-0.1, -0.05) is 11.6 Å². The Labute approximate surface area is 116 Å². The number of benzene rings is 1. The van der Waals surface area contributed by atoms with Gasteiger partial charge in [0.2, 0.25) is 0 Å². The molecule has 1 aromatic carbocycles. The molecule has 0 saturated heterocycles. The van der Waals surface area contributed by atoms with E-state index in [4.69, 9.17) is 21.1 Å². The van der Waals surface area contributed by atoms with E-state index in [1.54, 1.807) is 25.3 Å². The average Bonchev–Trinajstić information content (AvgIpc) is 2.41. The van der Waals surface area contributed by atoms with Crippen LogP contribution in [-0.4, -0.2) is 24.2 Å². The predicted octanol–water partition coefficient (Wildman–Crippen LogP) is 3.14. The lowest BCUT2D eigenvalue weighted by molar-refractivity contribution is -0.145. The second-order valence-electron chi connectivity index (χ2n) is 3.97. The van der Waals surface area contributed by atoms with Crippen LogP contribution in [0, 0.1) is 6.92 Å². The molecule has 19 heavy (non-hydrogen) atoms. The van der Waals surface area contributed by atoms with E-state index in [0.29, 0.717) is 17.4 Å². The first-order chi connectivity index (χ1) is 9.13. The monoisotopic (exact) mass is 279 g/mol. The van der Waals surface area contributed by atoms with Crippen LogP contribution in [0.3, 0.4) is 0 Å². The third-order valence-electron chi connectivity index (χ3n) is 2.71. The van der Waals surface area contributed by atoms with E-state index in [2.05, 4.69) is 4.98 Å². The van der Waals surface area contributed by atoms with Crippen LogP contribution in [0.1, 0.15) is 12.5 Å². The summed E-state index contributed by atoms with van der Waals surface area (Å²) in [5.41, 5.74) is 1.66. The molecule has 1 heterocycles. The summed E-state index contributed by atoms with van der Waals surface area (Å²) < 4.78 is 10.3. The zero-order valence-electron chi connectivity index (χ0n) is 10.8. The Balaban J connectivity index is 2.29. The summed E-state index contributed by atoms with van der Waals surface area (Å²) in [4.78, 5) is 15.6. The average molecular weight is 280 g/mol. The van der Waals surface area contributed by atoms with Gasteiger partial charge in [0.05, 0.1) is 12.1 Å². The maximum atomic E-state index is 11.3. The topological polar surface area (TPSA) is 48.4 Å². The fraction of sp³-hybridized carbons (Fsp3) is 0.286. The molecule has 2 rings (SSSR count). The Morgan fingerprint density at radius 1 is 1.37 bits per heavy atom. The molecule has 0 N–H and O–H groups in total. The standard InChI is InChI=1S/C14H14ClNO3/c1-3-18-13(17)8-19-12-6-7-16-14-9(2)11(15)5-4-10(12)14/h4-7H,3,8H2,1-2H3. The van der Waals surface area contributed by atoms with Crippen molar-refractivity contribution in [2.45, 2.75) is 13.8 Å². The molecule has 0 bridgehead atoms. The highest BCUT2D eigenvalue weighted by atomic mass is 35.5. The van der Waals surface area contributed by atoms with Crippen molar-refractivity contribution in [1.82, 2.24) is 4.98 Å². The molecule has 5 heteroatoms. The largest absolute Gasteiger partial charge is 0.481 e. The zero-order valence-corrected chi connectivity index (χ0v) is 11.5. The molecule has 0 fully saturated rings. The number of halogens is 1. The molecule has 1 aromatic heterocycles. The second-order valence-corrected chi connectivity index (χ2v) is 4.38. The highest BCUT2D eigenvalue weighted by Crippen LogP contribution is 2.29.